The first-order valence-electron chi connectivity index (χ1n) is 6.76. The van der Waals surface area contributed by atoms with Gasteiger partial charge in [0.2, 0.25) is 5.95 Å². The first-order chi connectivity index (χ1) is 8.70. The number of nitrogens with one attached hydrogen (secondary N) is 1. The fourth-order valence-corrected chi connectivity index (χ4v) is 2.28. The predicted octanol–water partition coefficient (Wildman–Crippen LogP) is 1.32. The monoisotopic (exact) mass is 248 g/mol. The molecule has 0 amide bonds. The minimum Gasteiger partial charge on any atom is -0.393 e. The summed E-state index contributed by atoms with van der Waals surface area (Å²) in [6.07, 6.45) is 3.96. The molecule has 2 aliphatic rings. The molecule has 1 aliphatic heterocycles. The summed E-state index contributed by atoms with van der Waals surface area (Å²) in [5, 5.41) is 12.9. The number of hydrogen-bond donors (Lipinski definition) is 2. The average Bonchev–Trinajstić information content (AvgIpc) is 3.13. The number of aliphatic hydroxyl groups is 1. The van der Waals surface area contributed by atoms with Crippen LogP contribution in [0.2, 0.25) is 0 Å². The van der Waals surface area contributed by atoms with Gasteiger partial charge in [0.1, 0.15) is 5.82 Å². The Kier molecular flexibility index (Phi) is 3.07. The summed E-state index contributed by atoms with van der Waals surface area (Å²) in [5.74, 6) is 1.73. The summed E-state index contributed by atoms with van der Waals surface area (Å²) in [5.41, 5.74) is 0.995. The normalized spacial score (nSPS) is 21.1. The van der Waals surface area contributed by atoms with Crippen molar-refractivity contribution in [1.29, 1.82) is 0 Å². The fraction of sp³-hybridized carbons (Fsp3) is 0.692. The molecule has 0 spiro atoms. The molecule has 0 bridgehead atoms. The van der Waals surface area contributed by atoms with E-state index in [1.807, 2.05) is 13.0 Å². The number of nitrogens with zero attached hydrogens (tertiary/aromatic N) is 3. The predicted molar refractivity (Wildman–Crippen MR) is 70.9 cm³/mol. The van der Waals surface area contributed by atoms with Crippen molar-refractivity contribution < 1.29 is 5.11 Å². The summed E-state index contributed by atoms with van der Waals surface area (Å²) in [4.78, 5) is 11.2. The Morgan fingerprint density at radius 3 is 2.61 bits per heavy atom. The van der Waals surface area contributed by atoms with Crippen molar-refractivity contribution in [2.45, 2.75) is 44.8 Å². The van der Waals surface area contributed by atoms with E-state index in [2.05, 4.69) is 20.2 Å². The highest BCUT2D eigenvalue weighted by molar-refractivity contribution is 5.45. The second-order valence-electron chi connectivity index (χ2n) is 5.33. The number of piperidine rings is 1. The van der Waals surface area contributed by atoms with Crippen molar-refractivity contribution in [3.63, 3.8) is 0 Å². The molecule has 0 aromatic carbocycles. The lowest BCUT2D eigenvalue weighted by Gasteiger charge is -2.30. The molecule has 1 aromatic rings. The van der Waals surface area contributed by atoms with Crippen LogP contribution in [0.15, 0.2) is 6.07 Å². The van der Waals surface area contributed by atoms with Crippen molar-refractivity contribution in [3.05, 3.63) is 11.8 Å². The van der Waals surface area contributed by atoms with Crippen molar-refractivity contribution >= 4 is 11.8 Å². The quantitative estimate of drug-likeness (QED) is 0.845. The minimum atomic E-state index is -0.145. The van der Waals surface area contributed by atoms with E-state index in [9.17, 15) is 5.11 Å². The number of aromatic nitrogens is 2. The van der Waals surface area contributed by atoms with Gasteiger partial charge in [-0.05, 0) is 32.6 Å². The molecule has 1 saturated carbocycles. The number of aliphatic hydroxyl groups excluding tert-OH is 1. The Morgan fingerprint density at radius 2 is 1.94 bits per heavy atom. The lowest BCUT2D eigenvalue weighted by Crippen LogP contribution is -2.36. The maximum atomic E-state index is 9.54. The van der Waals surface area contributed by atoms with E-state index in [0.717, 1.165) is 43.4 Å². The van der Waals surface area contributed by atoms with E-state index in [-0.39, 0.29) is 6.10 Å². The topological polar surface area (TPSA) is 61.3 Å². The number of anilines is 2. The summed E-state index contributed by atoms with van der Waals surface area (Å²) < 4.78 is 0. The van der Waals surface area contributed by atoms with Gasteiger partial charge in [-0.25, -0.2) is 4.98 Å². The van der Waals surface area contributed by atoms with Crippen LogP contribution in [0.4, 0.5) is 11.8 Å². The Morgan fingerprint density at radius 1 is 1.22 bits per heavy atom. The Labute approximate surface area is 107 Å². The van der Waals surface area contributed by atoms with E-state index >= 15 is 0 Å². The van der Waals surface area contributed by atoms with E-state index in [1.165, 1.54) is 12.8 Å². The average molecular weight is 248 g/mol. The summed E-state index contributed by atoms with van der Waals surface area (Å²) in [6.45, 7) is 3.75. The van der Waals surface area contributed by atoms with Gasteiger partial charge in [0.15, 0.2) is 0 Å². The number of hydrogen-bond acceptors (Lipinski definition) is 5. The van der Waals surface area contributed by atoms with Crippen LogP contribution in [0.3, 0.4) is 0 Å². The number of aryl methyl sites for hydroxylation is 1. The van der Waals surface area contributed by atoms with Crippen LogP contribution in [-0.4, -0.2) is 40.3 Å². The van der Waals surface area contributed by atoms with Crippen molar-refractivity contribution in [2.75, 3.05) is 23.3 Å². The molecule has 1 aliphatic carbocycles. The van der Waals surface area contributed by atoms with Crippen LogP contribution in [0.5, 0.6) is 0 Å². The first-order valence-corrected chi connectivity index (χ1v) is 6.76. The van der Waals surface area contributed by atoms with Gasteiger partial charge in [-0.3, -0.25) is 0 Å². The molecule has 1 aromatic heterocycles. The summed E-state index contributed by atoms with van der Waals surface area (Å²) >= 11 is 0. The molecule has 0 unspecified atom stereocenters. The van der Waals surface area contributed by atoms with Gasteiger partial charge >= 0.3 is 0 Å². The van der Waals surface area contributed by atoms with Crippen molar-refractivity contribution in [1.82, 2.24) is 9.97 Å². The molecule has 2 N–H and O–H groups in total. The molecule has 2 heterocycles. The molecular formula is C13H20N4O. The van der Waals surface area contributed by atoms with E-state index < -0.39 is 0 Å². The zero-order chi connectivity index (χ0) is 12.5. The van der Waals surface area contributed by atoms with Gasteiger partial charge < -0.3 is 15.3 Å². The molecule has 1 saturated heterocycles. The zero-order valence-electron chi connectivity index (χ0n) is 10.8. The Balaban J connectivity index is 1.75. The van der Waals surface area contributed by atoms with Crippen molar-refractivity contribution in [3.8, 4) is 0 Å². The third-order valence-corrected chi connectivity index (χ3v) is 3.54. The smallest absolute Gasteiger partial charge is 0.225 e. The third-order valence-electron chi connectivity index (χ3n) is 3.54. The van der Waals surface area contributed by atoms with Crippen LogP contribution in [0.1, 0.15) is 31.4 Å². The molecule has 18 heavy (non-hydrogen) atoms. The summed E-state index contributed by atoms with van der Waals surface area (Å²) in [6, 6.07) is 2.60. The summed E-state index contributed by atoms with van der Waals surface area (Å²) in [7, 11) is 0. The van der Waals surface area contributed by atoms with Gasteiger partial charge in [0.05, 0.1) is 6.10 Å². The molecule has 3 rings (SSSR count). The Bertz CT molecular complexity index is 425. The van der Waals surface area contributed by atoms with E-state index in [0.29, 0.717) is 6.04 Å². The molecule has 2 fully saturated rings. The van der Waals surface area contributed by atoms with Gasteiger partial charge in [-0.2, -0.15) is 4.98 Å². The second kappa shape index (κ2) is 4.72. The second-order valence-corrected chi connectivity index (χ2v) is 5.33. The van der Waals surface area contributed by atoms with Crippen LogP contribution < -0.4 is 10.2 Å². The SMILES string of the molecule is Cc1cc(N2CCC(O)CC2)nc(NC2CC2)n1. The van der Waals surface area contributed by atoms with Gasteiger partial charge in [0.25, 0.3) is 0 Å². The van der Waals surface area contributed by atoms with Crippen LogP contribution in [-0.2, 0) is 0 Å². The zero-order valence-corrected chi connectivity index (χ0v) is 10.8. The highest BCUT2D eigenvalue weighted by Crippen LogP contribution is 2.25. The largest absolute Gasteiger partial charge is 0.393 e. The van der Waals surface area contributed by atoms with Gasteiger partial charge in [-0.15, -0.1) is 0 Å². The maximum absolute atomic E-state index is 9.54. The standard InChI is InChI=1S/C13H20N4O/c1-9-8-12(17-6-4-11(18)5-7-17)16-13(14-9)15-10-2-3-10/h8,10-11,18H,2-7H2,1H3,(H,14,15,16). The Hall–Kier alpha value is -1.36. The highest BCUT2D eigenvalue weighted by Gasteiger charge is 2.23. The van der Waals surface area contributed by atoms with E-state index in [1.54, 1.807) is 0 Å². The molecule has 0 radical (unpaired) electrons. The minimum absolute atomic E-state index is 0.145. The van der Waals surface area contributed by atoms with Crippen molar-refractivity contribution in [2.24, 2.45) is 0 Å². The first kappa shape index (κ1) is 11.7. The molecule has 5 nitrogen and oxygen atoms in total. The molecule has 0 atom stereocenters. The van der Waals surface area contributed by atoms with Gasteiger partial charge in [0, 0.05) is 30.9 Å². The molecular weight excluding hydrogens is 228 g/mol. The van der Waals surface area contributed by atoms with Crippen LogP contribution in [0, 0.1) is 6.92 Å². The fourth-order valence-electron chi connectivity index (χ4n) is 2.28. The lowest BCUT2D eigenvalue weighted by atomic mass is 10.1. The van der Waals surface area contributed by atoms with Gasteiger partial charge in [-0.1, -0.05) is 0 Å². The maximum Gasteiger partial charge on any atom is 0.225 e. The van der Waals surface area contributed by atoms with Crippen LogP contribution in [0.25, 0.3) is 0 Å². The van der Waals surface area contributed by atoms with Crippen LogP contribution >= 0.6 is 0 Å². The highest BCUT2D eigenvalue weighted by atomic mass is 16.3. The molecule has 5 heteroatoms. The lowest BCUT2D eigenvalue weighted by molar-refractivity contribution is 0.145. The number of rotatable bonds is 3. The molecule has 98 valence electrons. The third kappa shape index (κ3) is 2.72. The van der Waals surface area contributed by atoms with E-state index in [4.69, 9.17) is 0 Å².